The first-order valence-corrected chi connectivity index (χ1v) is 15.3. The molecule has 1 saturated heterocycles. The second-order valence-electron chi connectivity index (χ2n) is 12.0. The van der Waals surface area contributed by atoms with E-state index in [4.69, 9.17) is 4.74 Å². The van der Waals surface area contributed by atoms with E-state index in [1.807, 2.05) is 6.07 Å². The first-order chi connectivity index (χ1) is 18.9. The maximum Gasteiger partial charge on any atom is 0.411 e. The Kier molecular flexibility index (Phi) is 7.38. The van der Waals surface area contributed by atoms with Gasteiger partial charge >= 0.3 is 6.09 Å². The Morgan fingerprint density at radius 3 is 2.50 bits per heavy atom. The monoisotopic (exact) mass is 567 g/mol. The summed E-state index contributed by atoms with van der Waals surface area (Å²) in [5.74, 6) is -1.000. The number of nitrogens with zero attached hydrogens (tertiary/aromatic N) is 2. The van der Waals surface area contributed by atoms with Gasteiger partial charge in [0.2, 0.25) is 5.91 Å². The van der Waals surface area contributed by atoms with Gasteiger partial charge < -0.3 is 10.1 Å². The van der Waals surface area contributed by atoms with Gasteiger partial charge in [0.25, 0.3) is 0 Å². The molecule has 1 N–H and O–H groups in total. The highest BCUT2D eigenvalue weighted by molar-refractivity contribution is 7.92. The summed E-state index contributed by atoms with van der Waals surface area (Å²) in [6.07, 6.45) is 3.07. The minimum Gasteiger partial charge on any atom is -0.444 e. The van der Waals surface area contributed by atoms with Crippen molar-refractivity contribution >= 4 is 21.8 Å². The van der Waals surface area contributed by atoms with Crippen molar-refractivity contribution in [3.05, 3.63) is 53.8 Å². The van der Waals surface area contributed by atoms with Crippen LogP contribution in [0, 0.1) is 23.1 Å². The van der Waals surface area contributed by atoms with Crippen LogP contribution in [-0.2, 0) is 25.8 Å². The van der Waals surface area contributed by atoms with Gasteiger partial charge in [-0.1, -0.05) is 24.3 Å². The lowest BCUT2D eigenvalue weighted by Crippen LogP contribution is -2.55. The molecule has 8 nitrogen and oxygen atoms in total. The molecule has 10 heteroatoms. The zero-order valence-electron chi connectivity index (χ0n) is 22.9. The summed E-state index contributed by atoms with van der Waals surface area (Å²) >= 11 is 0. The Balaban J connectivity index is 1.28. The predicted molar refractivity (Wildman–Crippen MR) is 146 cm³/mol. The van der Waals surface area contributed by atoms with Gasteiger partial charge in [0.1, 0.15) is 23.5 Å². The third-order valence-corrected chi connectivity index (χ3v) is 10.1. The van der Waals surface area contributed by atoms with Crippen molar-refractivity contribution in [1.29, 1.82) is 5.26 Å². The van der Waals surface area contributed by atoms with E-state index in [-0.39, 0.29) is 34.1 Å². The van der Waals surface area contributed by atoms with Crippen molar-refractivity contribution in [1.82, 2.24) is 10.2 Å². The molecule has 3 fully saturated rings. The highest BCUT2D eigenvalue weighted by Gasteiger charge is 2.52. The number of rotatable bonds is 7. The van der Waals surface area contributed by atoms with Gasteiger partial charge in [0, 0.05) is 12.5 Å². The Labute approximate surface area is 234 Å². The number of hydrogen-bond donors (Lipinski definition) is 1. The van der Waals surface area contributed by atoms with E-state index in [1.54, 1.807) is 57.2 Å². The Bertz CT molecular complexity index is 1470. The van der Waals surface area contributed by atoms with E-state index in [0.29, 0.717) is 30.4 Å². The smallest absolute Gasteiger partial charge is 0.411 e. The van der Waals surface area contributed by atoms with Gasteiger partial charge in [-0.15, -0.1) is 0 Å². The summed E-state index contributed by atoms with van der Waals surface area (Å²) in [7, 11) is -3.38. The maximum atomic E-state index is 15.2. The van der Waals surface area contributed by atoms with E-state index in [9.17, 15) is 23.3 Å². The van der Waals surface area contributed by atoms with E-state index < -0.39 is 45.3 Å². The summed E-state index contributed by atoms with van der Waals surface area (Å²) < 4.78 is 46.0. The fraction of sp³-hybridized carbons (Fsp3) is 0.500. The number of fused-ring (bicyclic) bond motifs is 2. The van der Waals surface area contributed by atoms with Crippen molar-refractivity contribution in [3.63, 3.8) is 0 Å². The van der Waals surface area contributed by atoms with Gasteiger partial charge in [-0.3, -0.25) is 9.69 Å². The summed E-state index contributed by atoms with van der Waals surface area (Å²) in [5.41, 5.74) is 0.637. The largest absolute Gasteiger partial charge is 0.444 e. The van der Waals surface area contributed by atoms with Crippen LogP contribution in [0.1, 0.15) is 58.4 Å². The number of carbonyl (C=O) groups is 2. The fourth-order valence-corrected chi connectivity index (χ4v) is 7.53. The second-order valence-corrected chi connectivity index (χ2v) is 14.3. The number of sulfone groups is 1. The van der Waals surface area contributed by atoms with Crippen LogP contribution in [0.25, 0.3) is 11.1 Å². The third-order valence-electron chi connectivity index (χ3n) is 7.87. The number of benzene rings is 2. The number of amides is 2. The number of halogens is 1. The molecular formula is C30H34FN3O5S. The van der Waals surface area contributed by atoms with Gasteiger partial charge in [-0.2, -0.15) is 5.26 Å². The van der Waals surface area contributed by atoms with Crippen LogP contribution < -0.4 is 5.32 Å². The number of nitrogens with one attached hydrogen (secondary N) is 1. The van der Waals surface area contributed by atoms with Crippen LogP contribution in [0.3, 0.4) is 0 Å². The molecule has 40 heavy (non-hydrogen) atoms. The molecule has 2 aromatic rings. The average Bonchev–Trinajstić information content (AvgIpc) is 3.57. The fourth-order valence-electron chi connectivity index (χ4n) is 5.82. The highest BCUT2D eigenvalue weighted by Crippen LogP contribution is 2.43. The normalized spacial score (nSPS) is 23.0. The van der Waals surface area contributed by atoms with Crippen LogP contribution in [0.2, 0.25) is 0 Å². The van der Waals surface area contributed by atoms with Crippen molar-refractivity contribution in [2.24, 2.45) is 5.92 Å². The van der Waals surface area contributed by atoms with Crippen LogP contribution in [-0.4, -0.2) is 54.3 Å². The SMILES string of the molecule is CC(C)(C)OC(=O)N1C2CCC(C2)C1C(=O)NC(C#N)Cc1ccc(-c2cccc(S(=O)(=O)C3CC3)c2)cc1F. The van der Waals surface area contributed by atoms with Gasteiger partial charge in [-0.25, -0.2) is 17.6 Å². The molecule has 0 spiro atoms. The molecule has 212 valence electrons. The molecule has 5 rings (SSSR count). The first-order valence-electron chi connectivity index (χ1n) is 13.7. The topological polar surface area (TPSA) is 117 Å². The standard InChI is InChI=1S/C30H34FN3O5S/c1-30(2,3)39-29(36)34-23-10-9-21(14-23)27(34)28(35)33-22(17-32)13-20-8-7-19(16-26(20)31)18-5-4-6-25(15-18)40(37,38)24-11-12-24/h4-8,15-16,21-24,27H,9-14H2,1-3H3,(H,33,35). The third kappa shape index (κ3) is 5.71. The van der Waals surface area contributed by atoms with Crippen LogP contribution in [0.5, 0.6) is 0 Å². The number of hydrogen-bond acceptors (Lipinski definition) is 6. The summed E-state index contributed by atoms with van der Waals surface area (Å²) in [5, 5.41) is 12.2. The summed E-state index contributed by atoms with van der Waals surface area (Å²) in [6.45, 7) is 5.31. The molecule has 0 aromatic heterocycles. The summed E-state index contributed by atoms with van der Waals surface area (Å²) in [4.78, 5) is 27.9. The van der Waals surface area contributed by atoms with Crippen molar-refractivity contribution in [2.45, 2.75) is 93.2 Å². The molecule has 3 aliphatic rings. The van der Waals surface area contributed by atoms with E-state index in [1.165, 1.54) is 11.0 Å². The molecule has 2 aromatic carbocycles. The molecule has 4 atom stereocenters. The quantitative estimate of drug-likeness (QED) is 0.515. The lowest BCUT2D eigenvalue weighted by Gasteiger charge is -2.35. The lowest BCUT2D eigenvalue weighted by atomic mass is 9.97. The minimum atomic E-state index is -3.38. The van der Waals surface area contributed by atoms with Crippen LogP contribution in [0.15, 0.2) is 47.4 Å². The maximum absolute atomic E-state index is 15.2. The number of carbonyl (C=O) groups excluding carboxylic acids is 2. The van der Waals surface area contributed by atoms with Crippen molar-refractivity contribution in [2.75, 3.05) is 0 Å². The molecule has 2 aliphatic carbocycles. The Hall–Kier alpha value is -3.45. The molecular weight excluding hydrogens is 533 g/mol. The lowest BCUT2D eigenvalue weighted by molar-refractivity contribution is -0.128. The van der Waals surface area contributed by atoms with E-state index >= 15 is 4.39 Å². The molecule has 2 bridgehead atoms. The summed E-state index contributed by atoms with van der Waals surface area (Å²) in [6, 6.07) is 11.3. The Morgan fingerprint density at radius 1 is 1.12 bits per heavy atom. The number of ether oxygens (including phenoxy) is 1. The van der Waals surface area contributed by atoms with Crippen molar-refractivity contribution < 1.29 is 27.1 Å². The number of likely N-dealkylation sites (tertiary alicyclic amines) is 1. The molecule has 2 amide bonds. The zero-order valence-corrected chi connectivity index (χ0v) is 23.7. The van der Waals surface area contributed by atoms with Gasteiger partial charge in [-0.05, 0) is 93.7 Å². The van der Waals surface area contributed by atoms with Crippen molar-refractivity contribution in [3.8, 4) is 17.2 Å². The molecule has 4 unspecified atom stereocenters. The molecule has 1 aliphatic heterocycles. The molecule has 2 saturated carbocycles. The molecule has 0 radical (unpaired) electrons. The number of nitriles is 1. The van der Waals surface area contributed by atoms with E-state index in [0.717, 1.165) is 12.8 Å². The van der Waals surface area contributed by atoms with Gasteiger partial charge in [0.15, 0.2) is 9.84 Å². The zero-order chi connectivity index (χ0) is 28.8. The van der Waals surface area contributed by atoms with Crippen LogP contribution in [0.4, 0.5) is 9.18 Å². The number of piperidine rings is 1. The first kappa shape index (κ1) is 28.1. The average molecular weight is 568 g/mol. The van der Waals surface area contributed by atoms with E-state index in [2.05, 4.69) is 5.32 Å². The molecule has 1 heterocycles. The predicted octanol–water partition coefficient (Wildman–Crippen LogP) is 4.77. The van der Waals surface area contributed by atoms with Gasteiger partial charge in [0.05, 0.1) is 16.2 Å². The minimum absolute atomic E-state index is 0.00706. The van der Waals surface area contributed by atoms with Crippen LogP contribution >= 0.6 is 0 Å². The second kappa shape index (κ2) is 10.5. The highest BCUT2D eigenvalue weighted by atomic mass is 32.2. The Morgan fingerprint density at radius 2 is 1.85 bits per heavy atom.